The molecule has 186 valence electrons. The third-order valence-electron chi connectivity index (χ3n) is 6.73. The molecular formula is C29H22N6O3. The van der Waals surface area contributed by atoms with Crippen LogP contribution < -0.4 is 10.5 Å². The van der Waals surface area contributed by atoms with E-state index in [9.17, 15) is 9.59 Å². The Morgan fingerprint density at radius 2 is 1.87 bits per heavy atom. The molecule has 9 nitrogen and oxygen atoms in total. The van der Waals surface area contributed by atoms with Crippen molar-refractivity contribution < 1.29 is 9.21 Å². The summed E-state index contributed by atoms with van der Waals surface area (Å²) < 4.78 is 8.83. The van der Waals surface area contributed by atoms with E-state index in [1.807, 2.05) is 41.0 Å². The molecule has 1 amide bonds. The highest BCUT2D eigenvalue weighted by Gasteiger charge is 2.19. The second kappa shape index (κ2) is 9.01. The highest BCUT2D eigenvalue weighted by molar-refractivity contribution is 6.07. The third kappa shape index (κ3) is 3.89. The van der Waals surface area contributed by atoms with Crippen LogP contribution in [0.4, 0.5) is 5.69 Å². The molecule has 0 atom stereocenters. The zero-order chi connectivity index (χ0) is 26.4. The average molecular weight is 503 g/mol. The van der Waals surface area contributed by atoms with Crippen molar-refractivity contribution in [2.45, 2.75) is 20.0 Å². The van der Waals surface area contributed by atoms with E-state index in [0.717, 1.165) is 16.5 Å². The van der Waals surface area contributed by atoms with Gasteiger partial charge in [0, 0.05) is 43.2 Å². The fourth-order valence-corrected chi connectivity index (χ4v) is 4.75. The molecule has 3 aromatic heterocycles. The Morgan fingerprint density at radius 1 is 1.08 bits per heavy atom. The zero-order valence-electron chi connectivity index (χ0n) is 20.8. The number of likely N-dealkylation sites (N-methyl/N-ethyl adjacent to an activating group) is 1. The van der Waals surface area contributed by atoms with Gasteiger partial charge in [-0.25, -0.2) is 9.67 Å². The van der Waals surface area contributed by atoms with Crippen LogP contribution in [0.15, 0.2) is 82.1 Å². The first-order valence-electron chi connectivity index (χ1n) is 12.0. The number of hydrogen-bond acceptors (Lipinski definition) is 6. The van der Waals surface area contributed by atoms with Gasteiger partial charge in [0.25, 0.3) is 5.56 Å². The lowest BCUT2D eigenvalue weighted by Crippen LogP contribution is -2.35. The minimum Gasteiger partial charge on any atom is -0.441 e. The molecule has 0 saturated heterocycles. The van der Waals surface area contributed by atoms with Crippen LogP contribution in [0.2, 0.25) is 0 Å². The lowest BCUT2D eigenvalue weighted by Gasteiger charge is -2.17. The van der Waals surface area contributed by atoms with E-state index in [2.05, 4.69) is 16.2 Å². The maximum atomic E-state index is 13.6. The monoisotopic (exact) mass is 502 g/mol. The highest BCUT2D eigenvalue weighted by atomic mass is 16.3. The van der Waals surface area contributed by atoms with Crippen molar-refractivity contribution in [1.82, 2.24) is 19.3 Å². The summed E-state index contributed by atoms with van der Waals surface area (Å²) in [5.74, 6) is 0.254. The number of fused-ring (bicyclic) bond motifs is 4. The van der Waals surface area contributed by atoms with E-state index in [1.54, 1.807) is 50.5 Å². The summed E-state index contributed by atoms with van der Waals surface area (Å²) in [6.45, 7) is 2.06. The van der Waals surface area contributed by atoms with Crippen molar-refractivity contribution in [1.29, 1.82) is 5.26 Å². The average Bonchev–Trinajstić information content (AvgIpc) is 3.46. The summed E-state index contributed by atoms with van der Waals surface area (Å²) in [5, 5.41) is 14.8. The number of hydrogen-bond donors (Lipinski definition) is 0. The summed E-state index contributed by atoms with van der Waals surface area (Å²) in [7, 11) is 1.65. The van der Waals surface area contributed by atoms with Gasteiger partial charge in [-0.3, -0.25) is 9.59 Å². The number of amides is 1. The van der Waals surface area contributed by atoms with Crippen LogP contribution in [0.25, 0.3) is 32.9 Å². The van der Waals surface area contributed by atoms with Gasteiger partial charge in [0.2, 0.25) is 5.91 Å². The number of aryl methyl sites for hydroxylation is 1. The van der Waals surface area contributed by atoms with Gasteiger partial charge in [-0.15, -0.1) is 0 Å². The number of nitriles is 1. The molecule has 0 aliphatic heterocycles. The molecule has 0 fully saturated rings. The van der Waals surface area contributed by atoms with Gasteiger partial charge < -0.3 is 13.9 Å². The van der Waals surface area contributed by atoms with Crippen LogP contribution in [0.3, 0.4) is 0 Å². The number of benzene rings is 3. The van der Waals surface area contributed by atoms with Crippen molar-refractivity contribution >= 4 is 44.5 Å². The molecule has 0 spiro atoms. The van der Waals surface area contributed by atoms with E-state index in [1.165, 1.54) is 9.58 Å². The van der Waals surface area contributed by atoms with Crippen molar-refractivity contribution in [2.24, 2.45) is 0 Å². The standard InChI is InChI=1S/C29H22N6O3/c1-18-32-23-12-11-21(13-26(23)38-18)33(2)27(36)17-35-29(37)28-22-5-3-4-6-24(22)34(25(28)15-31-35)16-20-9-7-19(14-30)8-10-20/h3-13,15H,16-17H2,1-2H3. The molecule has 6 aromatic rings. The minimum atomic E-state index is -0.333. The van der Waals surface area contributed by atoms with Gasteiger partial charge in [0.1, 0.15) is 12.1 Å². The molecule has 6 rings (SSSR count). The molecule has 0 N–H and O–H groups in total. The largest absolute Gasteiger partial charge is 0.441 e. The Balaban J connectivity index is 1.36. The lowest BCUT2D eigenvalue weighted by molar-refractivity contribution is -0.119. The van der Waals surface area contributed by atoms with Crippen LogP contribution in [0, 0.1) is 18.3 Å². The molecule has 0 unspecified atom stereocenters. The van der Waals surface area contributed by atoms with E-state index < -0.39 is 0 Å². The lowest BCUT2D eigenvalue weighted by atomic mass is 10.1. The number of carbonyl (C=O) groups is 1. The predicted octanol–water partition coefficient (Wildman–Crippen LogP) is 4.38. The molecule has 0 bridgehead atoms. The number of carbonyl (C=O) groups excluding carboxylic acids is 1. The molecular weight excluding hydrogens is 480 g/mol. The quantitative estimate of drug-likeness (QED) is 0.346. The van der Waals surface area contributed by atoms with Gasteiger partial charge in [-0.2, -0.15) is 10.4 Å². The Kier molecular flexibility index (Phi) is 5.50. The summed E-state index contributed by atoms with van der Waals surface area (Å²) in [5.41, 5.74) is 4.76. The van der Waals surface area contributed by atoms with Gasteiger partial charge in [0.15, 0.2) is 11.5 Å². The van der Waals surface area contributed by atoms with Crippen LogP contribution in [-0.4, -0.2) is 32.3 Å². The number of anilines is 1. The topological polar surface area (TPSA) is 110 Å². The van der Waals surface area contributed by atoms with Crippen molar-refractivity contribution in [3.8, 4) is 6.07 Å². The fourth-order valence-electron chi connectivity index (χ4n) is 4.75. The minimum absolute atomic E-state index is 0.214. The Hall–Kier alpha value is -5.23. The van der Waals surface area contributed by atoms with Gasteiger partial charge in [0.05, 0.1) is 28.7 Å². The number of para-hydroxylation sites is 1. The summed E-state index contributed by atoms with van der Waals surface area (Å²) in [6.07, 6.45) is 1.64. The van der Waals surface area contributed by atoms with Crippen LogP contribution in [-0.2, 0) is 17.9 Å². The van der Waals surface area contributed by atoms with E-state index >= 15 is 0 Å². The predicted molar refractivity (Wildman–Crippen MR) is 144 cm³/mol. The summed E-state index contributed by atoms with van der Waals surface area (Å²) >= 11 is 0. The van der Waals surface area contributed by atoms with E-state index in [4.69, 9.17) is 9.68 Å². The molecule has 0 radical (unpaired) electrons. The normalized spacial score (nSPS) is 11.3. The Bertz CT molecular complexity index is 1960. The molecule has 9 heteroatoms. The first-order chi connectivity index (χ1) is 18.4. The number of aromatic nitrogens is 4. The number of rotatable bonds is 5. The van der Waals surface area contributed by atoms with Gasteiger partial charge in [-0.1, -0.05) is 30.3 Å². The van der Waals surface area contributed by atoms with E-state index in [0.29, 0.717) is 45.7 Å². The second-order valence-electron chi connectivity index (χ2n) is 9.12. The summed E-state index contributed by atoms with van der Waals surface area (Å²) in [4.78, 5) is 32.5. The maximum absolute atomic E-state index is 13.6. The van der Waals surface area contributed by atoms with Gasteiger partial charge in [-0.05, 0) is 35.9 Å². The molecule has 0 saturated carbocycles. The Labute approximate surface area is 216 Å². The van der Waals surface area contributed by atoms with E-state index in [-0.39, 0.29) is 18.0 Å². The second-order valence-corrected chi connectivity index (χ2v) is 9.12. The van der Waals surface area contributed by atoms with Crippen LogP contribution >= 0.6 is 0 Å². The first-order valence-corrected chi connectivity index (χ1v) is 12.0. The van der Waals surface area contributed by atoms with Crippen molar-refractivity contribution in [3.63, 3.8) is 0 Å². The van der Waals surface area contributed by atoms with Gasteiger partial charge >= 0.3 is 0 Å². The van der Waals surface area contributed by atoms with Crippen LogP contribution in [0.1, 0.15) is 17.0 Å². The molecule has 38 heavy (non-hydrogen) atoms. The zero-order valence-corrected chi connectivity index (χ0v) is 20.8. The van der Waals surface area contributed by atoms with Crippen molar-refractivity contribution in [2.75, 3.05) is 11.9 Å². The van der Waals surface area contributed by atoms with Crippen LogP contribution in [0.5, 0.6) is 0 Å². The Morgan fingerprint density at radius 3 is 2.66 bits per heavy atom. The number of nitrogens with zero attached hydrogens (tertiary/aromatic N) is 6. The third-order valence-corrected chi connectivity index (χ3v) is 6.73. The molecule has 3 heterocycles. The molecule has 0 aliphatic rings. The van der Waals surface area contributed by atoms with Crippen molar-refractivity contribution in [3.05, 3.63) is 100 Å². The SMILES string of the molecule is Cc1nc2ccc(N(C)C(=O)Cn3ncc4c(c3=O)c3ccccc3n4Cc3ccc(C#N)cc3)cc2o1. The summed E-state index contributed by atoms with van der Waals surface area (Å²) in [6, 6.07) is 22.5. The smallest absolute Gasteiger partial charge is 0.277 e. The number of oxazole rings is 1. The molecule has 3 aromatic carbocycles. The highest BCUT2D eigenvalue weighted by Crippen LogP contribution is 2.27. The molecule has 0 aliphatic carbocycles. The fraction of sp³-hybridized carbons (Fsp3) is 0.138. The maximum Gasteiger partial charge on any atom is 0.277 e. The first kappa shape index (κ1) is 23.2.